The monoisotopic (exact) mass is 164 g/mol. The third kappa shape index (κ3) is 1.21. The van der Waals surface area contributed by atoms with Crippen molar-refractivity contribution in [3.63, 3.8) is 0 Å². The molecular formula is C9H8O3. The molecule has 1 aromatic carbocycles. The minimum atomic E-state index is -0.155. The van der Waals surface area contributed by atoms with Crippen LogP contribution >= 0.6 is 0 Å². The summed E-state index contributed by atoms with van der Waals surface area (Å²) in [6, 6.07) is 2.98. The summed E-state index contributed by atoms with van der Waals surface area (Å²) in [5, 5.41) is 9.16. The maximum absolute atomic E-state index is 10.5. The van der Waals surface area contributed by atoms with Crippen LogP contribution in [0.3, 0.4) is 0 Å². The Morgan fingerprint density at radius 3 is 2.17 bits per heavy atom. The van der Waals surface area contributed by atoms with Gasteiger partial charge in [-0.3, -0.25) is 9.59 Å². The van der Waals surface area contributed by atoms with E-state index in [1.54, 1.807) is 13.0 Å². The number of phenolic OH excluding ortho intramolecular Hbond substituents is 1. The molecule has 0 saturated carbocycles. The molecule has 0 aliphatic carbocycles. The van der Waals surface area contributed by atoms with Gasteiger partial charge in [0.1, 0.15) is 5.75 Å². The Bertz CT molecular complexity index is 296. The van der Waals surface area contributed by atoms with Crippen LogP contribution in [0.2, 0.25) is 0 Å². The summed E-state index contributed by atoms with van der Waals surface area (Å²) in [7, 11) is 0. The highest BCUT2D eigenvalue weighted by atomic mass is 16.3. The average molecular weight is 164 g/mol. The van der Waals surface area contributed by atoms with E-state index in [4.69, 9.17) is 5.11 Å². The second kappa shape index (κ2) is 3.17. The van der Waals surface area contributed by atoms with Gasteiger partial charge < -0.3 is 5.11 Å². The van der Waals surface area contributed by atoms with Gasteiger partial charge in [-0.25, -0.2) is 0 Å². The minimum absolute atomic E-state index is 0.0602. The van der Waals surface area contributed by atoms with E-state index in [-0.39, 0.29) is 16.9 Å². The van der Waals surface area contributed by atoms with E-state index in [0.29, 0.717) is 18.1 Å². The minimum Gasteiger partial charge on any atom is -0.507 e. The van der Waals surface area contributed by atoms with Crippen LogP contribution in [-0.2, 0) is 0 Å². The molecule has 1 N–H and O–H groups in total. The number of aromatic hydroxyl groups is 1. The zero-order chi connectivity index (χ0) is 9.14. The first-order valence-electron chi connectivity index (χ1n) is 3.43. The number of benzene rings is 1. The number of aryl methyl sites for hydroxylation is 1. The first-order valence-corrected chi connectivity index (χ1v) is 3.43. The largest absolute Gasteiger partial charge is 0.507 e. The van der Waals surface area contributed by atoms with Crippen molar-refractivity contribution in [1.29, 1.82) is 0 Å². The molecule has 0 aromatic heterocycles. The van der Waals surface area contributed by atoms with Crippen LogP contribution in [0.1, 0.15) is 26.3 Å². The van der Waals surface area contributed by atoms with Gasteiger partial charge in [0.2, 0.25) is 0 Å². The fourth-order valence-electron chi connectivity index (χ4n) is 1.01. The summed E-state index contributed by atoms with van der Waals surface area (Å²) >= 11 is 0. The van der Waals surface area contributed by atoms with Crippen molar-refractivity contribution in [1.82, 2.24) is 0 Å². The van der Waals surface area contributed by atoms with Gasteiger partial charge in [0.15, 0.2) is 12.6 Å². The van der Waals surface area contributed by atoms with Crippen LogP contribution in [0.25, 0.3) is 0 Å². The smallest absolute Gasteiger partial charge is 0.154 e. The number of rotatable bonds is 2. The standard InChI is InChI=1S/C9H8O3/c1-6-2-3-9(12)8(5-11)7(6)4-10/h2-5,12H,1H3. The van der Waals surface area contributed by atoms with Crippen molar-refractivity contribution in [2.45, 2.75) is 6.92 Å². The molecule has 0 aliphatic rings. The van der Waals surface area contributed by atoms with Crippen LogP contribution in [0, 0.1) is 6.92 Å². The molecule has 0 bridgehead atoms. The van der Waals surface area contributed by atoms with E-state index in [0.717, 1.165) is 0 Å². The van der Waals surface area contributed by atoms with Crippen molar-refractivity contribution in [2.24, 2.45) is 0 Å². The highest BCUT2D eigenvalue weighted by Crippen LogP contribution is 2.20. The van der Waals surface area contributed by atoms with Gasteiger partial charge in [-0.2, -0.15) is 0 Å². The van der Waals surface area contributed by atoms with E-state index in [2.05, 4.69) is 0 Å². The molecule has 0 unspecified atom stereocenters. The summed E-state index contributed by atoms with van der Waals surface area (Å²) in [6.07, 6.45) is 1.05. The Hall–Kier alpha value is -1.64. The van der Waals surface area contributed by atoms with Gasteiger partial charge in [-0.15, -0.1) is 0 Å². The second-order valence-electron chi connectivity index (χ2n) is 2.46. The Kier molecular flexibility index (Phi) is 2.24. The Morgan fingerprint density at radius 1 is 1.17 bits per heavy atom. The molecule has 0 aliphatic heterocycles. The number of phenols is 1. The first-order chi connectivity index (χ1) is 5.70. The number of carbonyl (C=O) groups excluding carboxylic acids is 2. The second-order valence-corrected chi connectivity index (χ2v) is 2.46. The Morgan fingerprint density at radius 2 is 1.75 bits per heavy atom. The summed E-state index contributed by atoms with van der Waals surface area (Å²) < 4.78 is 0. The number of carbonyl (C=O) groups is 2. The maximum Gasteiger partial charge on any atom is 0.154 e. The molecule has 0 saturated heterocycles. The molecular weight excluding hydrogens is 156 g/mol. The van der Waals surface area contributed by atoms with Crippen LogP contribution in [-0.4, -0.2) is 17.7 Å². The lowest BCUT2D eigenvalue weighted by molar-refractivity contribution is 0.109. The lowest BCUT2D eigenvalue weighted by atomic mass is 10.0. The number of hydrogen-bond donors (Lipinski definition) is 1. The normalized spacial score (nSPS) is 9.42. The van der Waals surface area contributed by atoms with Crippen molar-refractivity contribution in [2.75, 3.05) is 0 Å². The zero-order valence-electron chi connectivity index (χ0n) is 6.57. The van der Waals surface area contributed by atoms with E-state index in [1.165, 1.54) is 6.07 Å². The molecule has 1 rings (SSSR count). The fraction of sp³-hybridized carbons (Fsp3) is 0.111. The summed E-state index contributed by atoms with van der Waals surface area (Å²) in [6.45, 7) is 1.70. The van der Waals surface area contributed by atoms with Crippen LogP contribution in [0.15, 0.2) is 12.1 Å². The third-order valence-electron chi connectivity index (χ3n) is 1.72. The molecule has 1 aromatic rings. The number of aldehydes is 2. The van der Waals surface area contributed by atoms with Gasteiger partial charge in [0.25, 0.3) is 0 Å². The highest BCUT2D eigenvalue weighted by molar-refractivity contribution is 5.94. The van der Waals surface area contributed by atoms with E-state index < -0.39 is 0 Å². The predicted octanol–water partition coefficient (Wildman–Crippen LogP) is 1.33. The highest BCUT2D eigenvalue weighted by Gasteiger charge is 2.08. The van der Waals surface area contributed by atoms with Crippen LogP contribution < -0.4 is 0 Å². The van der Waals surface area contributed by atoms with Gasteiger partial charge in [-0.1, -0.05) is 6.07 Å². The summed E-state index contributed by atoms with van der Waals surface area (Å²) in [5.74, 6) is -0.155. The van der Waals surface area contributed by atoms with Gasteiger partial charge in [0, 0.05) is 5.56 Å². The molecule has 0 atom stereocenters. The maximum atomic E-state index is 10.5. The summed E-state index contributed by atoms with van der Waals surface area (Å²) in [4.78, 5) is 20.9. The lowest BCUT2D eigenvalue weighted by Gasteiger charge is -2.02. The van der Waals surface area contributed by atoms with Crippen molar-refractivity contribution in [3.05, 3.63) is 28.8 Å². The predicted molar refractivity (Wildman–Crippen MR) is 43.6 cm³/mol. The van der Waals surface area contributed by atoms with Crippen molar-refractivity contribution in [3.8, 4) is 5.75 Å². The Balaban J connectivity index is 3.48. The molecule has 12 heavy (non-hydrogen) atoms. The quantitative estimate of drug-likeness (QED) is 0.671. The molecule has 0 fully saturated rings. The molecule has 0 heterocycles. The molecule has 0 amide bonds. The molecule has 3 nitrogen and oxygen atoms in total. The average Bonchev–Trinajstić information content (AvgIpc) is 2.08. The molecule has 3 heteroatoms. The third-order valence-corrected chi connectivity index (χ3v) is 1.72. The molecule has 0 spiro atoms. The SMILES string of the molecule is Cc1ccc(O)c(C=O)c1C=O. The molecule has 62 valence electrons. The fourth-order valence-corrected chi connectivity index (χ4v) is 1.01. The lowest BCUT2D eigenvalue weighted by Crippen LogP contribution is -1.94. The Labute approximate surface area is 69.6 Å². The summed E-state index contributed by atoms with van der Waals surface area (Å²) in [5.41, 5.74) is 1.000. The molecule has 0 radical (unpaired) electrons. The van der Waals surface area contributed by atoms with E-state index in [9.17, 15) is 9.59 Å². The first kappa shape index (κ1) is 8.46. The van der Waals surface area contributed by atoms with Gasteiger partial charge in [-0.05, 0) is 18.6 Å². The van der Waals surface area contributed by atoms with Crippen molar-refractivity contribution >= 4 is 12.6 Å². The van der Waals surface area contributed by atoms with E-state index >= 15 is 0 Å². The van der Waals surface area contributed by atoms with E-state index in [1.807, 2.05) is 0 Å². The van der Waals surface area contributed by atoms with Gasteiger partial charge in [0.05, 0.1) is 5.56 Å². The number of hydrogen-bond acceptors (Lipinski definition) is 3. The topological polar surface area (TPSA) is 54.4 Å². The van der Waals surface area contributed by atoms with Crippen LogP contribution in [0.5, 0.6) is 5.75 Å². The van der Waals surface area contributed by atoms with Gasteiger partial charge >= 0.3 is 0 Å². The van der Waals surface area contributed by atoms with Crippen LogP contribution in [0.4, 0.5) is 0 Å². The zero-order valence-corrected chi connectivity index (χ0v) is 6.57. The van der Waals surface area contributed by atoms with Crippen molar-refractivity contribution < 1.29 is 14.7 Å².